The number of nitrogens with one attached hydrogen (secondary N) is 2. The van der Waals surface area contributed by atoms with E-state index in [0.29, 0.717) is 5.92 Å². The van der Waals surface area contributed by atoms with Crippen LogP contribution in [-0.4, -0.2) is 30.6 Å². The zero-order valence-corrected chi connectivity index (χ0v) is 16.2. The van der Waals surface area contributed by atoms with Crippen LogP contribution in [-0.2, 0) is 6.42 Å². The van der Waals surface area contributed by atoms with Gasteiger partial charge in [0.2, 0.25) is 0 Å². The molecule has 2 aromatic heterocycles. The topological polar surface area (TPSA) is 49.3 Å². The minimum atomic E-state index is 0.430. The van der Waals surface area contributed by atoms with Gasteiger partial charge in [-0.1, -0.05) is 31.2 Å². The number of thiophene rings is 1. The molecule has 3 aromatic rings. The molecule has 1 unspecified atom stereocenters. The van der Waals surface area contributed by atoms with Gasteiger partial charge in [-0.15, -0.1) is 0 Å². The maximum atomic E-state index is 4.75. The zero-order valence-electron chi connectivity index (χ0n) is 15.4. The fourth-order valence-corrected chi connectivity index (χ4v) is 3.70. The van der Waals surface area contributed by atoms with E-state index in [1.54, 1.807) is 11.3 Å². The standard InChI is InChI=1S/C21H26N4S/c1-3-22-21(25-14-16(2)19-10-13-26-15-19)24-12-9-18-7-4-6-17-8-5-11-23-20(17)18/h4-8,10-11,13,15-16H,3,9,12,14H2,1-2H3,(H2,22,24,25). The first-order chi connectivity index (χ1) is 12.8. The van der Waals surface area contributed by atoms with E-state index in [2.05, 4.69) is 70.6 Å². The van der Waals surface area contributed by atoms with Crippen LogP contribution in [0.5, 0.6) is 0 Å². The smallest absolute Gasteiger partial charge is 0.191 e. The van der Waals surface area contributed by atoms with Crippen LogP contribution in [0.15, 0.2) is 58.3 Å². The average molecular weight is 367 g/mol. The van der Waals surface area contributed by atoms with Gasteiger partial charge in [-0.05, 0) is 47.4 Å². The van der Waals surface area contributed by atoms with Crippen LogP contribution in [0.2, 0.25) is 0 Å². The van der Waals surface area contributed by atoms with Crippen molar-refractivity contribution in [3.63, 3.8) is 0 Å². The van der Waals surface area contributed by atoms with Gasteiger partial charge in [-0.25, -0.2) is 0 Å². The van der Waals surface area contributed by atoms with E-state index in [1.165, 1.54) is 16.5 Å². The van der Waals surface area contributed by atoms with E-state index in [0.717, 1.165) is 37.5 Å². The second-order valence-electron chi connectivity index (χ2n) is 6.35. The van der Waals surface area contributed by atoms with Crippen LogP contribution in [0, 0.1) is 0 Å². The number of hydrogen-bond donors (Lipinski definition) is 2. The van der Waals surface area contributed by atoms with E-state index >= 15 is 0 Å². The maximum absolute atomic E-state index is 4.75. The molecule has 136 valence electrons. The molecular formula is C21H26N4S. The summed E-state index contributed by atoms with van der Waals surface area (Å²) in [5, 5.41) is 12.3. The average Bonchev–Trinajstić information content (AvgIpc) is 3.21. The molecule has 0 aliphatic rings. The maximum Gasteiger partial charge on any atom is 0.191 e. The van der Waals surface area contributed by atoms with Gasteiger partial charge < -0.3 is 10.6 Å². The third kappa shape index (κ3) is 4.82. The Labute approximate surface area is 159 Å². The highest BCUT2D eigenvalue weighted by atomic mass is 32.1. The normalized spacial score (nSPS) is 12.9. The number of pyridine rings is 1. The Balaban J connectivity index is 1.59. The summed E-state index contributed by atoms with van der Waals surface area (Å²) in [6.45, 7) is 6.77. The number of guanidine groups is 1. The highest BCUT2D eigenvalue weighted by molar-refractivity contribution is 7.07. The summed E-state index contributed by atoms with van der Waals surface area (Å²) in [4.78, 5) is 9.28. The molecule has 0 bridgehead atoms. The molecule has 4 nitrogen and oxygen atoms in total. The fourth-order valence-electron chi connectivity index (χ4n) is 2.92. The molecule has 2 N–H and O–H groups in total. The van der Waals surface area contributed by atoms with Crippen LogP contribution in [0.25, 0.3) is 10.9 Å². The molecule has 5 heteroatoms. The summed E-state index contributed by atoms with van der Waals surface area (Å²) >= 11 is 1.74. The van der Waals surface area contributed by atoms with Crippen molar-refractivity contribution in [1.29, 1.82) is 0 Å². The first kappa shape index (κ1) is 18.4. The van der Waals surface area contributed by atoms with Crippen LogP contribution in [0.3, 0.4) is 0 Å². The number of rotatable bonds is 7. The van der Waals surface area contributed by atoms with Gasteiger partial charge in [0.05, 0.1) is 5.52 Å². The minimum Gasteiger partial charge on any atom is -0.357 e. The number of aliphatic imine (C=N–C) groups is 1. The number of benzene rings is 1. The number of fused-ring (bicyclic) bond motifs is 1. The zero-order chi connectivity index (χ0) is 18.2. The summed E-state index contributed by atoms with van der Waals surface area (Å²) in [5.74, 6) is 1.31. The quantitative estimate of drug-likeness (QED) is 0.487. The Morgan fingerprint density at radius 2 is 2.08 bits per heavy atom. The molecule has 0 amide bonds. The van der Waals surface area contributed by atoms with E-state index in [-0.39, 0.29) is 0 Å². The third-order valence-electron chi connectivity index (χ3n) is 4.38. The van der Waals surface area contributed by atoms with Gasteiger partial charge in [-0.3, -0.25) is 9.98 Å². The third-order valence-corrected chi connectivity index (χ3v) is 5.08. The molecule has 1 atom stereocenters. The highest BCUT2D eigenvalue weighted by Gasteiger charge is 2.06. The van der Waals surface area contributed by atoms with E-state index in [4.69, 9.17) is 4.99 Å². The first-order valence-electron chi connectivity index (χ1n) is 9.15. The van der Waals surface area contributed by atoms with E-state index in [9.17, 15) is 0 Å². The van der Waals surface area contributed by atoms with Crippen LogP contribution < -0.4 is 10.6 Å². The van der Waals surface area contributed by atoms with E-state index in [1.807, 2.05) is 12.3 Å². The Kier molecular flexibility index (Phi) is 6.61. The summed E-state index contributed by atoms with van der Waals surface area (Å²) in [6, 6.07) is 12.6. The van der Waals surface area contributed by atoms with Crippen molar-refractivity contribution >= 4 is 28.2 Å². The van der Waals surface area contributed by atoms with Crippen LogP contribution >= 0.6 is 11.3 Å². The molecule has 26 heavy (non-hydrogen) atoms. The predicted molar refractivity (Wildman–Crippen MR) is 112 cm³/mol. The minimum absolute atomic E-state index is 0.430. The molecule has 3 rings (SSSR count). The second kappa shape index (κ2) is 9.34. The molecule has 0 aliphatic heterocycles. The summed E-state index contributed by atoms with van der Waals surface area (Å²) < 4.78 is 0. The lowest BCUT2D eigenvalue weighted by Crippen LogP contribution is -2.38. The van der Waals surface area contributed by atoms with Gasteiger partial charge in [0.15, 0.2) is 5.96 Å². The number of aromatic nitrogens is 1. The molecule has 0 saturated heterocycles. The number of hydrogen-bond acceptors (Lipinski definition) is 3. The monoisotopic (exact) mass is 366 g/mol. The first-order valence-corrected chi connectivity index (χ1v) is 10.1. The van der Waals surface area contributed by atoms with Gasteiger partial charge in [0.25, 0.3) is 0 Å². The lowest BCUT2D eigenvalue weighted by atomic mass is 10.1. The Morgan fingerprint density at radius 3 is 2.88 bits per heavy atom. The lowest BCUT2D eigenvalue weighted by molar-refractivity contribution is 0.748. The predicted octanol–water partition coefficient (Wildman–Crippen LogP) is 4.20. The van der Waals surface area contributed by atoms with Crippen LogP contribution in [0.4, 0.5) is 0 Å². The fraction of sp³-hybridized carbons (Fsp3) is 0.333. The van der Waals surface area contributed by atoms with E-state index < -0.39 is 0 Å². The summed E-state index contributed by atoms with van der Waals surface area (Å²) in [5.41, 5.74) is 3.71. The van der Waals surface area contributed by atoms with Gasteiger partial charge in [0.1, 0.15) is 0 Å². The van der Waals surface area contributed by atoms with Crippen molar-refractivity contribution in [2.24, 2.45) is 4.99 Å². The Hall–Kier alpha value is -2.40. The molecular weight excluding hydrogens is 340 g/mol. The second-order valence-corrected chi connectivity index (χ2v) is 7.13. The van der Waals surface area contributed by atoms with Gasteiger partial charge >= 0.3 is 0 Å². The largest absolute Gasteiger partial charge is 0.357 e. The van der Waals surface area contributed by atoms with Crippen molar-refractivity contribution in [3.8, 4) is 0 Å². The summed E-state index contributed by atoms with van der Waals surface area (Å²) in [6.07, 6.45) is 2.77. The Morgan fingerprint density at radius 1 is 1.19 bits per heavy atom. The number of para-hydroxylation sites is 1. The molecule has 0 spiro atoms. The SMILES string of the molecule is CCNC(=NCC(C)c1ccsc1)NCCc1cccc2cccnc12. The summed E-state index contributed by atoms with van der Waals surface area (Å²) in [7, 11) is 0. The molecule has 0 aliphatic carbocycles. The van der Waals surface area contributed by atoms with Crippen molar-refractivity contribution in [2.45, 2.75) is 26.2 Å². The molecule has 1 aromatic carbocycles. The molecule has 0 radical (unpaired) electrons. The molecule has 0 fully saturated rings. The Bertz CT molecular complexity index is 837. The highest BCUT2D eigenvalue weighted by Crippen LogP contribution is 2.18. The van der Waals surface area contributed by atoms with Gasteiger partial charge in [-0.2, -0.15) is 11.3 Å². The van der Waals surface area contributed by atoms with Crippen molar-refractivity contribution in [1.82, 2.24) is 15.6 Å². The van der Waals surface area contributed by atoms with Crippen molar-refractivity contribution < 1.29 is 0 Å². The molecule has 2 heterocycles. The molecule has 0 saturated carbocycles. The van der Waals surface area contributed by atoms with Gasteiger partial charge in [0, 0.05) is 37.1 Å². The van der Waals surface area contributed by atoms with Crippen LogP contribution in [0.1, 0.15) is 30.9 Å². The number of nitrogens with zero attached hydrogens (tertiary/aromatic N) is 2. The van der Waals surface area contributed by atoms with Crippen molar-refractivity contribution in [3.05, 3.63) is 64.5 Å². The van der Waals surface area contributed by atoms with Crippen molar-refractivity contribution in [2.75, 3.05) is 19.6 Å². The lowest BCUT2D eigenvalue weighted by Gasteiger charge is -2.13.